The highest BCUT2D eigenvalue weighted by molar-refractivity contribution is 5.89. The van der Waals surface area contributed by atoms with Gasteiger partial charge in [-0.3, -0.25) is 0 Å². The Morgan fingerprint density at radius 3 is 2.72 bits per heavy atom. The van der Waals surface area contributed by atoms with Gasteiger partial charge in [0.2, 0.25) is 0 Å². The number of anilines is 1. The average molecular weight is 244 g/mol. The Bertz CT molecular complexity index is 490. The second-order valence-corrected chi connectivity index (χ2v) is 3.92. The highest BCUT2D eigenvalue weighted by atomic mass is 16.2. The number of rotatable bonds is 4. The van der Waals surface area contributed by atoms with E-state index in [0.717, 1.165) is 23.4 Å². The summed E-state index contributed by atoms with van der Waals surface area (Å²) in [5, 5.41) is 5.53. The number of benzene rings is 1. The van der Waals surface area contributed by atoms with E-state index < -0.39 is 0 Å². The summed E-state index contributed by atoms with van der Waals surface area (Å²) in [6.45, 7) is 2.69. The molecule has 0 aliphatic carbocycles. The summed E-state index contributed by atoms with van der Waals surface area (Å²) >= 11 is 0. The smallest absolute Gasteiger partial charge is 0.319 e. The first-order valence-corrected chi connectivity index (χ1v) is 5.93. The van der Waals surface area contributed by atoms with Crippen molar-refractivity contribution in [3.63, 3.8) is 0 Å². The first-order chi connectivity index (χ1) is 8.79. The van der Waals surface area contributed by atoms with Gasteiger partial charge in [-0.05, 0) is 24.1 Å². The lowest BCUT2D eigenvalue weighted by Gasteiger charge is -2.07. The number of aromatic amines is 1. The molecule has 0 aliphatic rings. The predicted molar refractivity (Wildman–Crippen MR) is 71.3 cm³/mol. The van der Waals surface area contributed by atoms with Crippen LogP contribution in [-0.4, -0.2) is 22.5 Å². The van der Waals surface area contributed by atoms with Crippen LogP contribution in [0.1, 0.15) is 13.3 Å². The molecule has 0 bridgehead atoms. The topological polar surface area (TPSA) is 69.8 Å². The lowest BCUT2D eigenvalue weighted by Crippen LogP contribution is -2.29. The van der Waals surface area contributed by atoms with Crippen LogP contribution >= 0.6 is 0 Å². The molecule has 1 aromatic carbocycles. The van der Waals surface area contributed by atoms with Gasteiger partial charge in [-0.1, -0.05) is 19.1 Å². The van der Waals surface area contributed by atoms with E-state index in [0.29, 0.717) is 6.54 Å². The molecule has 18 heavy (non-hydrogen) atoms. The molecule has 0 saturated carbocycles. The van der Waals surface area contributed by atoms with Crippen LogP contribution in [0, 0.1) is 0 Å². The Kier molecular flexibility index (Phi) is 3.96. The van der Waals surface area contributed by atoms with Crippen LogP contribution < -0.4 is 10.6 Å². The zero-order valence-corrected chi connectivity index (χ0v) is 10.2. The van der Waals surface area contributed by atoms with Gasteiger partial charge in [0.25, 0.3) is 0 Å². The van der Waals surface area contributed by atoms with Crippen molar-refractivity contribution in [3.8, 4) is 11.3 Å². The Hall–Kier alpha value is -2.30. The number of imidazole rings is 1. The van der Waals surface area contributed by atoms with E-state index in [1.165, 1.54) is 0 Å². The van der Waals surface area contributed by atoms with Gasteiger partial charge in [0, 0.05) is 12.2 Å². The van der Waals surface area contributed by atoms with E-state index in [1.807, 2.05) is 31.2 Å². The number of nitrogens with one attached hydrogen (secondary N) is 3. The Balaban J connectivity index is 1.98. The average Bonchev–Trinajstić information content (AvgIpc) is 2.91. The van der Waals surface area contributed by atoms with Crippen molar-refractivity contribution in [2.45, 2.75) is 13.3 Å². The fourth-order valence-electron chi connectivity index (χ4n) is 1.56. The molecule has 0 fully saturated rings. The third-order valence-corrected chi connectivity index (χ3v) is 2.49. The second-order valence-electron chi connectivity index (χ2n) is 3.92. The molecule has 5 heteroatoms. The maximum absolute atomic E-state index is 11.4. The molecule has 1 heterocycles. The molecule has 0 aliphatic heterocycles. The number of amides is 2. The SMILES string of the molecule is CCCNC(=O)Nc1ccc(-c2cnc[nH]2)cc1. The lowest BCUT2D eigenvalue weighted by atomic mass is 10.1. The van der Waals surface area contributed by atoms with Crippen LogP contribution in [0.3, 0.4) is 0 Å². The fourth-order valence-corrected chi connectivity index (χ4v) is 1.56. The predicted octanol–water partition coefficient (Wildman–Crippen LogP) is 2.61. The number of carbonyl (C=O) groups is 1. The van der Waals surface area contributed by atoms with Gasteiger partial charge in [0.05, 0.1) is 18.2 Å². The number of carbonyl (C=O) groups excluding carboxylic acids is 1. The largest absolute Gasteiger partial charge is 0.345 e. The molecular weight excluding hydrogens is 228 g/mol. The van der Waals surface area contributed by atoms with Crippen molar-refractivity contribution in [1.29, 1.82) is 0 Å². The minimum absolute atomic E-state index is 0.175. The zero-order valence-electron chi connectivity index (χ0n) is 10.2. The molecule has 0 unspecified atom stereocenters. The first kappa shape index (κ1) is 12.2. The minimum atomic E-state index is -0.175. The third kappa shape index (κ3) is 3.10. The van der Waals surface area contributed by atoms with Crippen molar-refractivity contribution >= 4 is 11.7 Å². The van der Waals surface area contributed by atoms with E-state index in [9.17, 15) is 4.79 Å². The van der Waals surface area contributed by atoms with Gasteiger partial charge < -0.3 is 15.6 Å². The summed E-state index contributed by atoms with van der Waals surface area (Å²) in [7, 11) is 0. The van der Waals surface area contributed by atoms with E-state index in [-0.39, 0.29) is 6.03 Å². The number of hydrogen-bond acceptors (Lipinski definition) is 2. The molecule has 3 N–H and O–H groups in total. The molecule has 0 spiro atoms. The van der Waals surface area contributed by atoms with E-state index in [1.54, 1.807) is 12.5 Å². The van der Waals surface area contributed by atoms with Crippen molar-refractivity contribution in [3.05, 3.63) is 36.8 Å². The van der Waals surface area contributed by atoms with E-state index in [4.69, 9.17) is 0 Å². The van der Waals surface area contributed by atoms with Gasteiger partial charge in [-0.2, -0.15) is 0 Å². The lowest BCUT2D eigenvalue weighted by molar-refractivity contribution is 0.252. The second kappa shape index (κ2) is 5.86. The van der Waals surface area contributed by atoms with Gasteiger partial charge >= 0.3 is 6.03 Å². The number of nitrogens with zero attached hydrogens (tertiary/aromatic N) is 1. The minimum Gasteiger partial charge on any atom is -0.345 e. The summed E-state index contributed by atoms with van der Waals surface area (Å²) in [5.74, 6) is 0. The van der Waals surface area contributed by atoms with Crippen LogP contribution in [0.15, 0.2) is 36.8 Å². The maximum atomic E-state index is 11.4. The number of hydrogen-bond donors (Lipinski definition) is 3. The summed E-state index contributed by atoms with van der Waals surface area (Å²) in [4.78, 5) is 18.4. The van der Waals surface area contributed by atoms with E-state index >= 15 is 0 Å². The molecule has 94 valence electrons. The van der Waals surface area contributed by atoms with Gasteiger partial charge in [0.1, 0.15) is 0 Å². The fraction of sp³-hybridized carbons (Fsp3) is 0.231. The van der Waals surface area contributed by atoms with Crippen LogP contribution in [0.4, 0.5) is 10.5 Å². The quantitative estimate of drug-likeness (QED) is 0.773. The molecule has 0 atom stereocenters. The van der Waals surface area contributed by atoms with Crippen LogP contribution in [0.25, 0.3) is 11.3 Å². The monoisotopic (exact) mass is 244 g/mol. The number of H-pyrrole nitrogens is 1. The zero-order chi connectivity index (χ0) is 12.8. The molecule has 2 rings (SSSR count). The molecule has 1 aromatic heterocycles. The molecule has 0 saturated heterocycles. The van der Waals surface area contributed by atoms with Crippen molar-refractivity contribution in [2.24, 2.45) is 0 Å². The summed E-state index contributed by atoms with van der Waals surface area (Å²) in [5.41, 5.74) is 2.76. The van der Waals surface area contributed by atoms with Gasteiger partial charge in [-0.15, -0.1) is 0 Å². The Morgan fingerprint density at radius 1 is 1.33 bits per heavy atom. The van der Waals surface area contributed by atoms with Gasteiger partial charge in [0.15, 0.2) is 0 Å². The van der Waals surface area contributed by atoms with Crippen LogP contribution in [0.5, 0.6) is 0 Å². The highest BCUT2D eigenvalue weighted by Gasteiger charge is 2.02. The van der Waals surface area contributed by atoms with Gasteiger partial charge in [-0.25, -0.2) is 9.78 Å². The van der Waals surface area contributed by atoms with Crippen LogP contribution in [-0.2, 0) is 0 Å². The summed E-state index contributed by atoms with van der Waals surface area (Å²) in [6.07, 6.45) is 4.32. The Morgan fingerprint density at radius 2 is 2.11 bits per heavy atom. The summed E-state index contributed by atoms with van der Waals surface area (Å²) in [6, 6.07) is 7.42. The number of aromatic nitrogens is 2. The molecule has 2 amide bonds. The van der Waals surface area contributed by atoms with Crippen molar-refractivity contribution < 1.29 is 4.79 Å². The normalized spacial score (nSPS) is 10.1. The molecule has 2 aromatic rings. The highest BCUT2D eigenvalue weighted by Crippen LogP contribution is 2.18. The molecule has 0 radical (unpaired) electrons. The van der Waals surface area contributed by atoms with Crippen molar-refractivity contribution in [2.75, 3.05) is 11.9 Å². The van der Waals surface area contributed by atoms with Crippen molar-refractivity contribution in [1.82, 2.24) is 15.3 Å². The first-order valence-electron chi connectivity index (χ1n) is 5.93. The molecule has 5 nitrogen and oxygen atoms in total. The summed E-state index contributed by atoms with van der Waals surface area (Å²) < 4.78 is 0. The Labute approximate surface area is 106 Å². The van der Waals surface area contributed by atoms with E-state index in [2.05, 4.69) is 20.6 Å². The van der Waals surface area contributed by atoms with Crippen LogP contribution in [0.2, 0.25) is 0 Å². The third-order valence-electron chi connectivity index (χ3n) is 2.49. The number of urea groups is 1. The molecular formula is C13H16N4O. The maximum Gasteiger partial charge on any atom is 0.319 e. The standard InChI is InChI=1S/C13H16N4O/c1-2-7-15-13(18)17-11-5-3-10(4-6-11)12-8-14-9-16-12/h3-6,8-9H,2,7H2,1H3,(H,14,16)(H2,15,17,18).